The van der Waals surface area contributed by atoms with Crippen molar-refractivity contribution >= 4 is 11.2 Å². The third-order valence-corrected chi connectivity index (χ3v) is 2.76. The van der Waals surface area contributed by atoms with E-state index in [2.05, 4.69) is 28.8 Å². The van der Waals surface area contributed by atoms with E-state index >= 15 is 0 Å². The molecule has 0 saturated heterocycles. The van der Waals surface area contributed by atoms with Gasteiger partial charge in [-0.25, -0.2) is 9.78 Å². The number of imidazole rings is 1. The minimum atomic E-state index is -0.419. The van der Waals surface area contributed by atoms with Crippen molar-refractivity contribution in [2.75, 3.05) is 0 Å². The highest BCUT2D eigenvalue weighted by atomic mass is 16.2. The predicted molar refractivity (Wildman–Crippen MR) is 60.4 cm³/mol. The Morgan fingerprint density at radius 1 is 1.50 bits per heavy atom. The smallest absolute Gasteiger partial charge is 0.330 e. The Bertz CT molecular complexity index is 607. The molecule has 0 aliphatic rings. The third kappa shape index (κ3) is 1.66. The Kier molecular flexibility index (Phi) is 2.64. The molecule has 2 aromatic heterocycles. The van der Waals surface area contributed by atoms with Gasteiger partial charge in [-0.3, -0.25) is 14.3 Å². The number of rotatable bonds is 3. The summed E-state index contributed by atoms with van der Waals surface area (Å²) in [5.41, 5.74) is -0.0419. The number of hydrogen-bond acceptors (Lipinski definition) is 3. The molecule has 2 rings (SSSR count). The number of nitrogens with zero attached hydrogens (tertiary/aromatic N) is 2. The molecule has 86 valence electrons. The van der Waals surface area contributed by atoms with Crippen molar-refractivity contribution in [1.29, 1.82) is 0 Å². The molecule has 1 atom stereocenters. The summed E-state index contributed by atoms with van der Waals surface area (Å²) in [6.45, 7) is 4.67. The molecule has 2 heterocycles. The molecule has 0 saturated carbocycles. The number of fused-ring (bicyclic) bond motifs is 1. The molecule has 2 aromatic rings. The first-order valence-electron chi connectivity index (χ1n) is 5.29. The Hall–Kier alpha value is -1.85. The zero-order valence-corrected chi connectivity index (χ0v) is 9.28. The van der Waals surface area contributed by atoms with Crippen molar-refractivity contribution in [2.24, 2.45) is 5.92 Å². The molecular formula is C10H14N4O2. The van der Waals surface area contributed by atoms with E-state index in [4.69, 9.17) is 0 Å². The van der Waals surface area contributed by atoms with Crippen molar-refractivity contribution < 1.29 is 0 Å². The van der Waals surface area contributed by atoms with Gasteiger partial charge in [-0.2, -0.15) is 0 Å². The van der Waals surface area contributed by atoms with Crippen LogP contribution in [0.3, 0.4) is 0 Å². The molecule has 0 fully saturated rings. The van der Waals surface area contributed by atoms with E-state index in [-0.39, 0.29) is 0 Å². The van der Waals surface area contributed by atoms with E-state index in [9.17, 15) is 9.59 Å². The predicted octanol–water partition coefficient (Wildman–Crippen LogP) is 0.459. The number of hydrogen-bond donors (Lipinski definition) is 2. The van der Waals surface area contributed by atoms with Gasteiger partial charge in [-0.1, -0.05) is 20.3 Å². The van der Waals surface area contributed by atoms with Gasteiger partial charge in [-0.05, 0) is 5.92 Å². The van der Waals surface area contributed by atoms with Crippen LogP contribution in [0.25, 0.3) is 11.2 Å². The van der Waals surface area contributed by atoms with Crippen LogP contribution < -0.4 is 11.2 Å². The monoisotopic (exact) mass is 222 g/mol. The standard InChI is InChI=1S/C10H14N4O2/c1-3-6(2)4-14-8-7(11-5-12-8)9(15)13-10(14)16/h5-6H,3-4H2,1-2H3,(H,11,12)(H,13,15,16). The van der Waals surface area contributed by atoms with E-state index in [0.717, 1.165) is 6.42 Å². The van der Waals surface area contributed by atoms with E-state index in [0.29, 0.717) is 23.6 Å². The normalized spacial score (nSPS) is 13.1. The van der Waals surface area contributed by atoms with E-state index in [1.165, 1.54) is 10.9 Å². The van der Waals surface area contributed by atoms with E-state index in [1.54, 1.807) is 0 Å². The van der Waals surface area contributed by atoms with E-state index < -0.39 is 11.2 Å². The molecule has 0 spiro atoms. The van der Waals surface area contributed by atoms with Crippen molar-refractivity contribution in [3.05, 3.63) is 27.2 Å². The van der Waals surface area contributed by atoms with Crippen LogP contribution in [0.4, 0.5) is 0 Å². The van der Waals surface area contributed by atoms with Gasteiger partial charge in [0.2, 0.25) is 0 Å². The van der Waals surface area contributed by atoms with Crippen LogP contribution in [-0.4, -0.2) is 19.5 Å². The van der Waals surface area contributed by atoms with Gasteiger partial charge >= 0.3 is 5.69 Å². The maximum Gasteiger partial charge on any atom is 0.330 e. The largest absolute Gasteiger partial charge is 0.339 e. The average molecular weight is 222 g/mol. The van der Waals surface area contributed by atoms with Gasteiger partial charge in [0.05, 0.1) is 6.33 Å². The highest BCUT2D eigenvalue weighted by molar-refractivity contribution is 5.68. The summed E-state index contributed by atoms with van der Waals surface area (Å²) >= 11 is 0. The number of aromatic nitrogens is 4. The molecule has 1 unspecified atom stereocenters. The minimum Gasteiger partial charge on any atom is -0.339 e. The van der Waals surface area contributed by atoms with E-state index in [1.807, 2.05) is 0 Å². The summed E-state index contributed by atoms with van der Waals surface area (Å²) in [5, 5.41) is 0. The first-order valence-corrected chi connectivity index (χ1v) is 5.29. The van der Waals surface area contributed by atoms with Crippen LogP contribution in [-0.2, 0) is 6.54 Å². The van der Waals surface area contributed by atoms with Crippen molar-refractivity contribution in [3.63, 3.8) is 0 Å². The lowest BCUT2D eigenvalue weighted by Gasteiger charge is -2.10. The average Bonchev–Trinajstić information content (AvgIpc) is 2.73. The fraction of sp³-hybridized carbons (Fsp3) is 0.500. The van der Waals surface area contributed by atoms with Crippen LogP contribution in [0.15, 0.2) is 15.9 Å². The van der Waals surface area contributed by atoms with Crippen LogP contribution in [0.2, 0.25) is 0 Å². The molecule has 6 heteroatoms. The molecule has 0 bridgehead atoms. The van der Waals surface area contributed by atoms with Gasteiger partial charge in [0, 0.05) is 6.54 Å². The Labute approximate surface area is 91.3 Å². The Morgan fingerprint density at radius 3 is 2.94 bits per heavy atom. The molecule has 0 amide bonds. The van der Waals surface area contributed by atoms with Crippen LogP contribution >= 0.6 is 0 Å². The van der Waals surface area contributed by atoms with Crippen molar-refractivity contribution in [3.8, 4) is 0 Å². The lowest BCUT2D eigenvalue weighted by Crippen LogP contribution is -2.31. The van der Waals surface area contributed by atoms with Crippen LogP contribution in [0, 0.1) is 5.92 Å². The molecule has 0 aromatic carbocycles. The highest BCUT2D eigenvalue weighted by Crippen LogP contribution is 2.07. The van der Waals surface area contributed by atoms with Crippen LogP contribution in [0.1, 0.15) is 20.3 Å². The van der Waals surface area contributed by atoms with Gasteiger partial charge in [-0.15, -0.1) is 0 Å². The summed E-state index contributed by atoms with van der Waals surface area (Å²) in [7, 11) is 0. The lowest BCUT2D eigenvalue weighted by molar-refractivity contribution is 0.462. The molecule has 2 N–H and O–H groups in total. The first-order chi connectivity index (χ1) is 7.63. The molecule has 0 aliphatic carbocycles. The zero-order valence-electron chi connectivity index (χ0n) is 9.28. The molecule has 0 radical (unpaired) electrons. The second kappa shape index (κ2) is 3.96. The van der Waals surface area contributed by atoms with Crippen LogP contribution in [0.5, 0.6) is 0 Å². The minimum absolute atomic E-state index is 0.350. The summed E-state index contributed by atoms with van der Waals surface area (Å²) in [6.07, 6.45) is 2.39. The summed E-state index contributed by atoms with van der Waals surface area (Å²) in [6, 6.07) is 0. The lowest BCUT2D eigenvalue weighted by atomic mass is 10.1. The summed E-state index contributed by atoms with van der Waals surface area (Å²) < 4.78 is 1.50. The quantitative estimate of drug-likeness (QED) is 0.791. The third-order valence-electron chi connectivity index (χ3n) is 2.76. The second-order valence-corrected chi connectivity index (χ2v) is 3.98. The molecule has 16 heavy (non-hydrogen) atoms. The van der Waals surface area contributed by atoms with Gasteiger partial charge in [0.25, 0.3) is 5.56 Å². The maximum atomic E-state index is 11.7. The SMILES string of the molecule is CCC(C)Cn1c(=O)[nH]c(=O)c2[nH]cnc21. The Balaban J connectivity index is 2.64. The fourth-order valence-corrected chi connectivity index (χ4v) is 1.59. The topological polar surface area (TPSA) is 83.5 Å². The second-order valence-electron chi connectivity index (χ2n) is 3.98. The number of nitrogens with one attached hydrogen (secondary N) is 2. The van der Waals surface area contributed by atoms with Gasteiger partial charge in [0.1, 0.15) is 5.52 Å². The Morgan fingerprint density at radius 2 is 2.25 bits per heavy atom. The van der Waals surface area contributed by atoms with Gasteiger partial charge in [0.15, 0.2) is 5.65 Å². The van der Waals surface area contributed by atoms with Crippen molar-refractivity contribution in [1.82, 2.24) is 19.5 Å². The fourth-order valence-electron chi connectivity index (χ4n) is 1.59. The molecule has 6 nitrogen and oxygen atoms in total. The molecule has 0 aliphatic heterocycles. The van der Waals surface area contributed by atoms with Crippen molar-refractivity contribution in [2.45, 2.75) is 26.8 Å². The summed E-state index contributed by atoms with van der Waals surface area (Å²) in [5.74, 6) is 0.364. The highest BCUT2D eigenvalue weighted by Gasteiger charge is 2.11. The molecular weight excluding hydrogens is 208 g/mol. The summed E-state index contributed by atoms with van der Waals surface area (Å²) in [4.78, 5) is 32.1. The van der Waals surface area contributed by atoms with Gasteiger partial charge < -0.3 is 4.98 Å². The zero-order chi connectivity index (χ0) is 11.7. The number of aromatic amines is 2. The maximum absolute atomic E-state index is 11.7. The number of H-pyrrole nitrogens is 2. The first kappa shape index (κ1) is 10.7.